The van der Waals surface area contributed by atoms with Crippen molar-refractivity contribution in [1.29, 1.82) is 0 Å². The predicted molar refractivity (Wildman–Crippen MR) is 85.1 cm³/mol. The minimum atomic E-state index is -0.994. The van der Waals surface area contributed by atoms with E-state index in [1.54, 1.807) is 0 Å². The van der Waals surface area contributed by atoms with Crippen LogP contribution < -0.4 is 5.73 Å². The van der Waals surface area contributed by atoms with Crippen LogP contribution in [0, 0.1) is 0 Å². The molecule has 0 radical (unpaired) electrons. The average molecular weight is 358 g/mol. The van der Waals surface area contributed by atoms with Gasteiger partial charge in [0.2, 0.25) is 0 Å². The zero-order chi connectivity index (χ0) is 14.2. The summed E-state index contributed by atoms with van der Waals surface area (Å²) in [6, 6.07) is 5.53. The fourth-order valence-electron chi connectivity index (χ4n) is 3.39. The maximum Gasteiger partial charge on any atom is 0.0694 e. The lowest BCUT2D eigenvalue weighted by molar-refractivity contribution is -0.0708. The maximum absolute atomic E-state index is 12.9. The molecule has 0 aromatic heterocycles. The first kappa shape index (κ1) is 14.5. The van der Waals surface area contributed by atoms with Gasteiger partial charge in [0.05, 0.1) is 21.3 Å². The van der Waals surface area contributed by atoms with Crippen molar-refractivity contribution in [2.45, 2.75) is 54.3 Å². The Morgan fingerprint density at radius 1 is 1.35 bits per heavy atom. The largest absolute Gasteiger partial charge is 0.399 e. The van der Waals surface area contributed by atoms with Crippen LogP contribution in [0.2, 0.25) is 0 Å². The molecule has 0 bridgehead atoms. The lowest BCUT2D eigenvalue weighted by atomic mass is 9.92. The number of anilines is 1. The quantitative estimate of drug-likeness (QED) is 0.822. The molecule has 1 aromatic rings. The summed E-state index contributed by atoms with van der Waals surface area (Å²) in [6.45, 7) is 0.739. The first-order valence-electron chi connectivity index (χ1n) is 7.19. The van der Waals surface area contributed by atoms with Crippen molar-refractivity contribution in [3.05, 3.63) is 22.7 Å². The average Bonchev–Trinajstić information content (AvgIpc) is 2.86. The zero-order valence-corrected chi connectivity index (χ0v) is 13.8. The van der Waals surface area contributed by atoms with Gasteiger partial charge in [-0.05, 0) is 59.8 Å². The molecule has 1 aliphatic carbocycles. The molecule has 1 saturated carbocycles. The fraction of sp³-hybridized carbons (Fsp3) is 0.600. The van der Waals surface area contributed by atoms with E-state index >= 15 is 0 Å². The Balaban J connectivity index is 1.79. The Hall–Kier alpha value is -0.390. The van der Waals surface area contributed by atoms with E-state index in [0.717, 1.165) is 41.7 Å². The molecule has 5 heteroatoms. The molecular formula is C15H20BrNO2S. The summed E-state index contributed by atoms with van der Waals surface area (Å²) in [7, 11) is -0.994. The van der Waals surface area contributed by atoms with Crippen molar-refractivity contribution < 1.29 is 8.95 Å². The Morgan fingerprint density at radius 3 is 2.80 bits per heavy atom. The Labute approximate surface area is 130 Å². The number of benzene rings is 1. The molecule has 1 heterocycles. The third kappa shape index (κ3) is 2.81. The van der Waals surface area contributed by atoms with E-state index in [9.17, 15) is 4.21 Å². The highest BCUT2D eigenvalue weighted by atomic mass is 79.9. The zero-order valence-electron chi connectivity index (χ0n) is 11.4. The van der Waals surface area contributed by atoms with Crippen LogP contribution in [-0.2, 0) is 15.5 Å². The van der Waals surface area contributed by atoms with Gasteiger partial charge < -0.3 is 10.5 Å². The highest BCUT2D eigenvalue weighted by Crippen LogP contribution is 2.42. The van der Waals surface area contributed by atoms with Gasteiger partial charge in [-0.3, -0.25) is 4.21 Å². The summed E-state index contributed by atoms with van der Waals surface area (Å²) in [4.78, 5) is 0.860. The second-order valence-electron chi connectivity index (χ2n) is 5.84. The van der Waals surface area contributed by atoms with Crippen LogP contribution in [0.25, 0.3) is 0 Å². The summed E-state index contributed by atoms with van der Waals surface area (Å²) in [5.41, 5.74) is 6.46. The van der Waals surface area contributed by atoms with Gasteiger partial charge >= 0.3 is 0 Å². The predicted octanol–water partition coefficient (Wildman–Crippen LogP) is 3.63. The van der Waals surface area contributed by atoms with Crippen molar-refractivity contribution in [2.75, 3.05) is 12.3 Å². The second kappa shape index (κ2) is 5.78. The normalized spacial score (nSPS) is 26.8. The minimum absolute atomic E-state index is 0.0128. The Morgan fingerprint density at radius 2 is 2.10 bits per heavy atom. The molecule has 1 aromatic carbocycles. The number of hydrogen-bond donors (Lipinski definition) is 1. The van der Waals surface area contributed by atoms with Gasteiger partial charge in [-0.2, -0.15) is 0 Å². The van der Waals surface area contributed by atoms with E-state index in [1.165, 1.54) is 12.8 Å². The van der Waals surface area contributed by atoms with Gasteiger partial charge in [0.15, 0.2) is 0 Å². The van der Waals surface area contributed by atoms with Crippen LogP contribution in [0.1, 0.15) is 38.5 Å². The van der Waals surface area contributed by atoms with Crippen LogP contribution in [0.15, 0.2) is 27.6 Å². The summed E-state index contributed by atoms with van der Waals surface area (Å²) in [5, 5.41) is 0.196. The van der Waals surface area contributed by atoms with E-state index in [1.807, 2.05) is 18.2 Å². The van der Waals surface area contributed by atoms with Crippen LogP contribution in [0.4, 0.5) is 5.69 Å². The summed E-state index contributed by atoms with van der Waals surface area (Å²) in [5.74, 6) is 0. The summed E-state index contributed by atoms with van der Waals surface area (Å²) in [6.07, 6.45) is 6.55. The fourth-order valence-corrected chi connectivity index (χ4v) is 5.85. The van der Waals surface area contributed by atoms with E-state index in [0.29, 0.717) is 5.69 Å². The van der Waals surface area contributed by atoms with Gasteiger partial charge in [-0.15, -0.1) is 0 Å². The molecule has 20 heavy (non-hydrogen) atoms. The maximum atomic E-state index is 12.9. The van der Waals surface area contributed by atoms with Crippen LogP contribution >= 0.6 is 15.9 Å². The highest BCUT2D eigenvalue weighted by molar-refractivity contribution is 9.10. The molecule has 3 nitrogen and oxygen atoms in total. The first-order valence-corrected chi connectivity index (χ1v) is 9.20. The summed E-state index contributed by atoms with van der Waals surface area (Å²) >= 11 is 3.49. The van der Waals surface area contributed by atoms with Gasteiger partial charge in [0.1, 0.15) is 0 Å². The van der Waals surface area contributed by atoms with Crippen molar-refractivity contribution in [2.24, 2.45) is 0 Å². The van der Waals surface area contributed by atoms with Gasteiger partial charge in [0, 0.05) is 22.0 Å². The molecule has 1 aliphatic heterocycles. The van der Waals surface area contributed by atoms with Crippen molar-refractivity contribution >= 4 is 32.4 Å². The van der Waals surface area contributed by atoms with E-state index in [-0.39, 0.29) is 10.9 Å². The van der Waals surface area contributed by atoms with E-state index in [4.69, 9.17) is 10.5 Å². The smallest absolute Gasteiger partial charge is 0.0694 e. The van der Waals surface area contributed by atoms with Crippen molar-refractivity contribution in [3.63, 3.8) is 0 Å². The Kier molecular flexibility index (Phi) is 4.20. The lowest BCUT2D eigenvalue weighted by Gasteiger charge is -2.37. The minimum Gasteiger partial charge on any atom is -0.399 e. The number of halogens is 1. The van der Waals surface area contributed by atoms with Crippen LogP contribution in [0.3, 0.4) is 0 Å². The lowest BCUT2D eigenvalue weighted by Crippen LogP contribution is -2.41. The molecule has 3 rings (SSSR count). The number of hydrogen-bond acceptors (Lipinski definition) is 3. The SMILES string of the molecule is Nc1ccc(S(=O)C2CCOC3(CCCC3)C2)c(Br)c1. The van der Waals surface area contributed by atoms with E-state index < -0.39 is 10.8 Å². The number of nitrogens with two attached hydrogens (primary N) is 1. The molecule has 2 N–H and O–H groups in total. The second-order valence-corrected chi connectivity index (χ2v) is 8.40. The molecule has 2 atom stereocenters. The Bertz CT molecular complexity index is 529. The topological polar surface area (TPSA) is 52.3 Å². The van der Waals surface area contributed by atoms with Crippen LogP contribution in [-0.4, -0.2) is 21.7 Å². The number of rotatable bonds is 2. The standard InChI is InChI=1S/C15H20BrNO2S/c16-13-9-11(17)3-4-14(13)20(18)12-5-8-19-15(10-12)6-1-2-7-15/h3-4,9,12H,1-2,5-8,10,17H2. The molecule has 2 fully saturated rings. The number of nitrogen functional groups attached to an aromatic ring is 1. The van der Waals surface area contributed by atoms with Gasteiger partial charge in [-0.25, -0.2) is 0 Å². The molecule has 2 unspecified atom stereocenters. The van der Waals surface area contributed by atoms with Gasteiger partial charge in [-0.1, -0.05) is 12.8 Å². The molecular weight excluding hydrogens is 338 g/mol. The third-order valence-corrected chi connectivity index (χ3v) is 7.15. The molecule has 1 spiro atoms. The molecule has 0 amide bonds. The molecule has 1 saturated heterocycles. The van der Waals surface area contributed by atoms with Crippen molar-refractivity contribution in [1.82, 2.24) is 0 Å². The van der Waals surface area contributed by atoms with E-state index in [2.05, 4.69) is 15.9 Å². The third-order valence-electron chi connectivity index (χ3n) is 4.44. The highest BCUT2D eigenvalue weighted by Gasteiger charge is 2.41. The molecule has 2 aliphatic rings. The molecule has 110 valence electrons. The van der Waals surface area contributed by atoms with Crippen LogP contribution in [0.5, 0.6) is 0 Å². The summed E-state index contributed by atoms with van der Waals surface area (Å²) < 4.78 is 19.7. The van der Waals surface area contributed by atoms with Crippen molar-refractivity contribution in [3.8, 4) is 0 Å². The number of ether oxygens (including phenoxy) is 1. The van der Waals surface area contributed by atoms with Gasteiger partial charge in [0.25, 0.3) is 0 Å². The first-order chi connectivity index (χ1) is 9.60. The monoisotopic (exact) mass is 357 g/mol.